The molecule has 1 fully saturated rings. The normalized spacial score (nSPS) is 16.5. The monoisotopic (exact) mass is 482 g/mol. The zero-order valence-electron chi connectivity index (χ0n) is 19.4. The summed E-state index contributed by atoms with van der Waals surface area (Å²) in [4.78, 5) is 23.6. The van der Waals surface area contributed by atoms with Crippen molar-refractivity contribution in [3.63, 3.8) is 0 Å². The molecule has 0 spiro atoms. The lowest BCUT2D eigenvalue weighted by molar-refractivity contribution is -0.137. The number of amides is 1. The molecule has 0 saturated carbocycles. The first-order valence-electron chi connectivity index (χ1n) is 11.0. The highest BCUT2D eigenvalue weighted by Gasteiger charge is 2.37. The Morgan fingerprint density at radius 2 is 1.91 bits per heavy atom. The van der Waals surface area contributed by atoms with Gasteiger partial charge in [0.15, 0.2) is 0 Å². The third-order valence-electron chi connectivity index (χ3n) is 5.81. The minimum absolute atomic E-state index is 0.134. The standard InChI is InChI=1S/C24H30ClF3N4O/c1-16-13-19(8-9-20(16)25)31(12-6-10-30(3)4)23(33)21-7-5-11-32(21)22-15-18(24(26,27)28)14-17(2)29-22/h8-9,13-15,21H,5-7,10-12H2,1-4H3/t21-/m0/s1. The van der Waals surface area contributed by atoms with Gasteiger partial charge in [-0.15, -0.1) is 0 Å². The summed E-state index contributed by atoms with van der Waals surface area (Å²) in [6.45, 7) is 5.20. The van der Waals surface area contributed by atoms with Crippen molar-refractivity contribution in [1.29, 1.82) is 0 Å². The van der Waals surface area contributed by atoms with Crippen molar-refractivity contribution in [2.75, 3.05) is 43.5 Å². The summed E-state index contributed by atoms with van der Waals surface area (Å²) in [6.07, 6.45) is -2.44. The summed E-state index contributed by atoms with van der Waals surface area (Å²) in [5, 5.41) is 0.616. The van der Waals surface area contributed by atoms with Gasteiger partial charge in [-0.25, -0.2) is 4.98 Å². The number of carbonyl (C=O) groups is 1. The lowest BCUT2D eigenvalue weighted by Gasteiger charge is -2.32. The van der Waals surface area contributed by atoms with E-state index in [0.717, 1.165) is 36.3 Å². The molecule has 2 heterocycles. The molecule has 0 bridgehead atoms. The number of nitrogens with zero attached hydrogens (tertiary/aromatic N) is 4. The van der Waals surface area contributed by atoms with E-state index in [2.05, 4.69) is 4.98 Å². The molecule has 0 unspecified atom stereocenters. The fourth-order valence-electron chi connectivity index (χ4n) is 4.15. The maximum Gasteiger partial charge on any atom is 0.416 e. The van der Waals surface area contributed by atoms with Crippen LogP contribution in [-0.2, 0) is 11.0 Å². The molecule has 1 atom stereocenters. The number of pyridine rings is 1. The number of hydrogen-bond donors (Lipinski definition) is 0. The molecular weight excluding hydrogens is 453 g/mol. The maximum atomic E-state index is 13.8. The molecule has 0 radical (unpaired) electrons. The quantitative estimate of drug-likeness (QED) is 0.535. The van der Waals surface area contributed by atoms with Gasteiger partial charge < -0.3 is 14.7 Å². The van der Waals surface area contributed by atoms with Crippen molar-refractivity contribution >= 4 is 29.0 Å². The van der Waals surface area contributed by atoms with Crippen LogP contribution >= 0.6 is 11.6 Å². The first-order chi connectivity index (χ1) is 15.5. The van der Waals surface area contributed by atoms with Crippen LogP contribution in [0.15, 0.2) is 30.3 Å². The van der Waals surface area contributed by atoms with Crippen molar-refractivity contribution in [2.24, 2.45) is 0 Å². The molecule has 33 heavy (non-hydrogen) atoms. The first kappa shape index (κ1) is 25.3. The summed E-state index contributed by atoms with van der Waals surface area (Å²) in [7, 11) is 3.94. The number of aryl methyl sites for hydroxylation is 2. The van der Waals surface area contributed by atoms with Crippen molar-refractivity contribution in [1.82, 2.24) is 9.88 Å². The second kappa shape index (κ2) is 10.3. The predicted octanol–water partition coefficient (Wildman–Crippen LogP) is 5.32. The number of hydrogen-bond acceptors (Lipinski definition) is 4. The molecular formula is C24H30ClF3N4O. The Labute approximate surface area is 198 Å². The van der Waals surface area contributed by atoms with E-state index in [0.29, 0.717) is 31.0 Å². The van der Waals surface area contributed by atoms with Gasteiger partial charge in [0.1, 0.15) is 11.9 Å². The van der Waals surface area contributed by atoms with Crippen molar-refractivity contribution < 1.29 is 18.0 Å². The van der Waals surface area contributed by atoms with Gasteiger partial charge in [-0.2, -0.15) is 13.2 Å². The topological polar surface area (TPSA) is 39.7 Å². The molecule has 2 aromatic rings. The minimum Gasteiger partial charge on any atom is -0.345 e. The largest absolute Gasteiger partial charge is 0.416 e. The van der Waals surface area contributed by atoms with Crippen LogP contribution in [0.5, 0.6) is 0 Å². The number of benzene rings is 1. The van der Waals surface area contributed by atoms with E-state index in [1.807, 2.05) is 38.1 Å². The predicted molar refractivity (Wildman–Crippen MR) is 126 cm³/mol. The van der Waals surface area contributed by atoms with Gasteiger partial charge in [0.2, 0.25) is 5.91 Å². The number of rotatable bonds is 7. The Bertz CT molecular complexity index is 996. The highest BCUT2D eigenvalue weighted by molar-refractivity contribution is 6.31. The fourth-order valence-corrected chi connectivity index (χ4v) is 4.27. The van der Waals surface area contributed by atoms with E-state index in [9.17, 15) is 18.0 Å². The highest BCUT2D eigenvalue weighted by Crippen LogP contribution is 2.34. The van der Waals surface area contributed by atoms with Crippen LogP contribution in [0.2, 0.25) is 5.02 Å². The summed E-state index contributed by atoms with van der Waals surface area (Å²) < 4.78 is 40.1. The number of aromatic nitrogens is 1. The van der Waals surface area contributed by atoms with E-state index >= 15 is 0 Å². The first-order valence-corrected chi connectivity index (χ1v) is 11.4. The molecule has 1 aromatic carbocycles. The molecule has 0 N–H and O–H groups in total. The molecule has 5 nitrogen and oxygen atoms in total. The maximum absolute atomic E-state index is 13.8. The summed E-state index contributed by atoms with van der Waals surface area (Å²) in [5.41, 5.74) is 1.12. The van der Waals surface area contributed by atoms with Gasteiger partial charge >= 0.3 is 6.18 Å². The average molecular weight is 483 g/mol. The molecule has 1 amide bonds. The summed E-state index contributed by atoms with van der Waals surface area (Å²) in [6, 6.07) is 6.96. The van der Waals surface area contributed by atoms with Gasteiger partial charge in [-0.05, 0) is 89.6 Å². The van der Waals surface area contributed by atoms with Crippen LogP contribution in [0.3, 0.4) is 0 Å². The van der Waals surface area contributed by atoms with Gasteiger partial charge in [-0.1, -0.05) is 11.6 Å². The molecule has 1 aliphatic rings. The van der Waals surface area contributed by atoms with Crippen LogP contribution < -0.4 is 9.80 Å². The third kappa shape index (κ3) is 6.18. The molecule has 180 valence electrons. The molecule has 3 rings (SSSR count). The number of carbonyl (C=O) groups excluding carboxylic acids is 1. The Morgan fingerprint density at radius 3 is 2.55 bits per heavy atom. The SMILES string of the molecule is Cc1cc(C(F)(F)F)cc(N2CCC[C@H]2C(=O)N(CCCN(C)C)c2ccc(Cl)c(C)c2)n1. The highest BCUT2D eigenvalue weighted by atomic mass is 35.5. The minimum atomic E-state index is -4.47. The average Bonchev–Trinajstić information content (AvgIpc) is 3.22. The van der Waals surface area contributed by atoms with Crippen LogP contribution in [0, 0.1) is 13.8 Å². The molecule has 1 aliphatic heterocycles. The lowest BCUT2D eigenvalue weighted by atomic mass is 10.1. The van der Waals surface area contributed by atoms with Gasteiger partial charge in [0.25, 0.3) is 0 Å². The van der Waals surface area contributed by atoms with Crippen molar-refractivity contribution in [3.8, 4) is 0 Å². The smallest absolute Gasteiger partial charge is 0.345 e. The number of halogens is 4. The van der Waals surface area contributed by atoms with Crippen LogP contribution in [0.1, 0.15) is 36.1 Å². The van der Waals surface area contributed by atoms with Gasteiger partial charge in [0, 0.05) is 29.5 Å². The van der Waals surface area contributed by atoms with E-state index in [1.165, 1.54) is 6.92 Å². The van der Waals surface area contributed by atoms with Gasteiger partial charge in [0.05, 0.1) is 5.56 Å². The van der Waals surface area contributed by atoms with E-state index in [-0.39, 0.29) is 17.4 Å². The van der Waals surface area contributed by atoms with Crippen molar-refractivity contribution in [2.45, 2.75) is 45.3 Å². The summed E-state index contributed by atoms with van der Waals surface area (Å²) >= 11 is 6.19. The lowest BCUT2D eigenvalue weighted by Crippen LogP contribution is -2.47. The zero-order chi connectivity index (χ0) is 24.3. The Balaban J connectivity index is 1.92. The fraction of sp³-hybridized carbons (Fsp3) is 0.500. The number of alkyl halides is 3. The Kier molecular flexibility index (Phi) is 7.90. The van der Waals surface area contributed by atoms with E-state index in [4.69, 9.17) is 11.6 Å². The Hall–Kier alpha value is -2.32. The van der Waals surface area contributed by atoms with Crippen LogP contribution in [0.25, 0.3) is 0 Å². The molecule has 9 heteroatoms. The number of anilines is 2. The van der Waals surface area contributed by atoms with Crippen LogP contribution in [0.4, 0.5) is 24.7 Å². The summed E-state index contributed by atoms with van der Waals surface area (Å²) in [5.74, 6) is 0.0588. The third-order valence-corrected chi connectivity index (χ3v) is 6.23. The second-order valence-electron chi connectivity index (χ2n) is 8.78. The zero-order valence-corrected chi connectivity index (χ0v) is 20.2. The van der Waals surface area contributed by atoms with E-state index in [1.54, 1.807) is 15.9 Å². The second-order valence-corrected chi connectivity index (χ2v) is 9.19. The molecule has 0 aliphatic carbocycles. The van der Waals surface area contributed by atoms with Crippen molar-refractivity contribution in [3.05, 3.63) is 52.2 Å². The Morgan fingerprint density at radius 1 is 1.18 bits per heavy atom. The van der Waals surface area contributed by atoms with Crippen LogP contribution in [-0.4, -0.2) is 55.6 Å². The van der Waals surface area contributed by atoms with E-state index < -0.39 is 17.8 Å². The molecule has 1 aromatic heterocycles. The molecule has 1 saturated heterocycles. The van der Waals surface area contributed by atoms with Gasteiger partial charge in [-0.3, -0.25) is 4.79 Å².